The van der Waals surface area contributed by atoms with Crippen molar-refractivity contribution in [2.24, 2.45) is 0 Å². The normalized spacial score (nSPS) is 15.5. The molecule has 0 unspecified atom stereocenters. The zero-order chi connectivity index (χ0) is 10.3. The van der Waals surface area contributed by atoms with Crippen LogP contribution in [0.15, 0.2) is 24.3 Å². The van der Waals surface area contributed by atoms with Gasteiger partial charge in [0.25, 0.3) is 0 Å². The summed E-state index contributed by atoms with van der Waals surface area (Å²) in [5.41, 5.74) is 0.889. The fourth-order valence-electron chi connectivity index (χ4n) is 1.51. The highest BCUT2D eigenvalue weighted by atomic mass is 35.5. The second-order valence-corrected chi connectivity index (χ2v) is 4.13. The van der Waals surface area contributed by atoms with Gasteiger partial charge in [0.2, 0.25) is 5.95 Å². The van der Waals surface area contributed by atoms with Crippen LogP contribution in [0.4, 0.5) is 5.95 Å². The minimum atomic E-state index is 0.517. The van der Waals surface area contributed by atoms with Crippen LogP contribution in [0.1, 0.15) is 12.8 Å². The summed E-state index contributed by atoms with van der Waals surface area (Å²) in [6.45, 7) is 0. The Morgan fingerprint density at radius 1 is 1.20 bits per heavy atom. The van der Waals surface area contributed by atoms with Crippen LogP contribution in [0.3, 0.4) is 0 Å². The van der Waals surface area contributed by atoms with Crippen molar-refractivity contribution in [3.8, 4) is 0 Å². The quantitative estimate of drug-likeness (QED) is 0.790. The van der Waals surface area contributed by atoms with E-state index in [2.05, 4.69) is 15.3 Å². The van der Waals surface area contributed by atoms with Gasteiger partial charge in [-0.1, -0.05) is 23.7 Å². The number of hydrogen-bond donors (Lipinski definition) is 1. The highest BCUT2D eigenvalue weighted by Gasteiger charge is 2.22. The Kier molecular flexibility index (Phi) is 1.99. The van der Waals surface area contributed by atoms with Crippen LogP contribution in [-0.4, -0.2) is 16.0 Å². The van der Waals surface area contributed by atoms with Crippen LogP contribution >= 0.6 is 11.6 Å². The standard InChI is InChI=1S/C11H10ClN3/c12-10-8-3-1-2-4-9(8)14-11(15-10)13-7-5-6-7/h1-4,7H,5-6H2,(H,13,14,15). The number of benzene rings is 1. The second-order valence-electron chi connectivity index (χ2n) is 3.77. The van der Waals surface area contributed by atoms with Crippen LogP contribution in [0.5, 0.6) is 0 Å². The number of hydrogen-bond acceptors (Lipinski definition) is 3. The maximum atomic E-state index is 6.07. The number of nitrogens with zero attached hydrogens (tertiary/aromatic N) is 2. The molecule has 76 valence electrons. The average Bonchev–Trinajstić information content (AvgIpc) is 3.02. The fourth-order valence-corrected chi connectivity index (χ4v) is 1.75. The lowest BCUT2D eigenvalue weighted by molar-refractivity contribution is 1.07. The van der Waals surface area contributed by atoms with Crippen LogP contribution in [0.25, 0.3) is 10.9 Å². The van der Waals surface area contributed by atoms with Crippen LogP contribution in [0.2, 0.25) is 5.15 Å². The molecule has 1 saturated carbocycles. The molecule has 3 rings (SSSR count). The van der Waals surface area contributed by atoms with E-state index in [1.807, 2.05) is 24.3 Å². The maximum absolute atomic E-state index is 6.07. The van der Waals surface area contributed by atoms with E-state index >= 15 is 0 Å². The molecule has 0 atom stereocenters. The lowest BCUT2D eigenvalue weighted by atomic mass is 10.2. The number of rotatable bonds is 2. The van der Waals surface area contributed by atoms with E-state index in [0.717, 1.165) is 10.9 Å². The first-order valence-corrected chi connectivity index (χ1v) is 5.39. The molecule has 0 radical (unpaired) electrons. The van der Waals surface area contributed by atoms with Gasteiger partial charge < -0.3 is 5.32 Å². The molecule has 1 aliphatic rings. The minimum Gasteiger partial charge on any atom is -0.351 e. The van der Waals surface area contributed by atoms with Gasteiger partial charge in [-0.15, -0.1) is 0 Å². The highest BCUT2D eigenvalue weighted by Crippen LogP contribution is 2.26. The van der Waals surface area contributed by atoms with E-state index in [0.29, 0.717) is 17.1 Å². The molecular formula is C11H10ClN3. The number of aromatic nitrogens is 2. The Morgan fingerprint density at radius 3 is 2.80 bits per heavy atom. The molecular weight excluding hydrogens is 210 g/mol. The number of para-hydroxylation sites is 1. The van der Waals surface area contributed by atoms with Crippen LogP contribution < -0.4 is 5.32 Å². The number of nitrogens with one attached hydrogen (secondary N) is 1. The van der Waals surface area contributed by atoms with E-state index in [9.17, 15) is 0 Å². The van der Waals surface area contributed by atoms with Gasteiger partial charge in [-0.3, -0.25) is 0 Å². The predicted molar refractivity (Wildman–Crippen MR) is 61.2 cm³/mol. The summed E-state index contributed by atoms with van der Waals surface area (Å²) in [6.07, 6.45) is 2.40. The Labute approximate surface area is 92.5 Å². The lowest BCUT2D eigenvalue weighted by Gasteiger charge is -2.05. The number of anilines is 1. The molecule has 0 spiro atoms. The summed E-state index contributed by atoms with van der Waals surface area (Å²) in [4.78, 5) is 8.63. The third kappa shape index (κ3) is 1.75. The van der Waals surface area contributed by atoms with Crippen molar-refractivity contribution < 1.29 is 0 Å². The maximum Gasteiger partial charge on any atom is 0.224 e. The van der Waals surface area contributed by atoms with Gasteiger partial charge in [0.15, 0.2) is 0 Å². The number of fused-ring (bicyclic) bond motifs is 1. The zero-order valence-corrected chi connectivity index (χ0v) is 8.83. The van der Waals surface area contributed by atoms with E-state index in [1.165, 1.54) is 12.8 Å². The number of halogens is 1. The van der Waals surface area contributed by atoms with Gasteiger partial charge in [-0.2, -0.15) is 0 Å². The first kappa shape index (κ1) is 8.92. The van der Waals surface area contributed by atoms with Crippen molar-refractivity contribution in [1.29, 1.82) is 0 Å². The molecule has 1 heterocycles. The molecule has 1 fully saturated rings. The largest absolute Gasteiger partial charge is 0.351 e. The third-order valence-corrected chi connectivity index (χ3v) is 2.76. The molecule has 1 N–H and O–H groups in total. The fraction of sp³-hybridized carbons (Fsp3) is 0.273. The molecule has 2 aromatic rings. The van der Waals surface area contributed by atoms with Gasteiger partial charge in [-0.25, -0.2) is 9.97 Å². The van der Waals surface area contributed by atoms with Crippen LogP contribution in [0, 0.1) is 0 Å². The van der Waals surface area contributed by atoms with Gasteiger partial charge in [0.05, 0.1) is 5.52 Å². The monoisotopic (exact) mass is 219 g/mol. The Hall–Kier alpha value is -1.35. The van der Waals surface area contributed by atoms with Gasteiger partial charge in [-0.05, 0) is 25.0 Å². The predicted octanol–water partition coefficient (Wildman–Crippen LogP) is 2.86. The Morgan fingerprint density at radius 2 is 2.00 bits per heavy atom. The molecule has 1 aliphatic carbocycles. The molecule has 0 aliphatic heterocycles. The highest BCUT2D eigenvalue weighted by molar-refractivity contribution is 6.34. The van der Waals surface area contributed by atoms with Crippen molar-refractivity contribution in [3.05, 3.63) is 29.4 Å². The SMILES string of the molecule is Clc1nc(NC2CC2)nc2ccccc12. The average molecular weight is 220 g/mol. The molecule has 1 aromatic heterocycles. The van der Waals surface area contributed by atoms with Gasteiger partial charge in [0, 0.05) is 11.4 Å². The summed E-state index contributed by atoms with van der Waals surface area (Å²) < 4.78 is 0. The smallest absolute Gasteiger partial charge is 0.224 e. The Balaban J connectivity index is 2.09. The molecule has 0 amide bonds. The van der Waals surface area contributed by atoms with E-state index in [4.69, 9.17) is 11.6 Å². The summed E-state index contributed by atoms with van der Waals surface area (Å²) in [5, 5.41) is 4.66. The third-order valence-electron chi connectivity index (χ3n) is 2.47. The molecule has 0 saturated heterocycles. The van der Waals surface area contributed by atoms with E-state index in [1.54, 1.807) is 0 Å². The van der Waals surface area contributed by atoms with E-state index in [-0.39, 0.29) is 0 Å². The van der Waals surface area contributed by atoms with Crippen molar-refractivity contribution >= 4 is 28.5 Å². The van der Waals surface area contributed by atoms with Gasteiger partial charge in [0.1, 0.15) is 5.15 Å². The summed E-state index contributed by atoms with van der Waals surface area (Å²) in [7, 11) is 0. The van der Waals surface area contributed by atoms with Crippen molar-refractivity contribution in [2.75, 3.05) is 5.32 Å². The molecule has 1 aromatic carbocycles. The van der Waals surface area contributed by atoms with Crippen molar-refractivity contribution in [2.45, 2.75) is 18.9 Å². The van der Waals surface area contributed by atoms with Crippen molar-refractivity contribution in [1.82, 2.24) is 9.97 Å². The second kappa shape index (κ2) is 3.35. The van der Waals surface area contributed by atoms with E-state index < -0.39 is 0 Å². The Bertz CT molecular complexity index is 508. The zero-order valence-electron chi connectivity index (χ0n) is 8.07. The molecule has 0 bridgehead atoms. The summed E-state index contributed by atoms with van der Waals surface area (Å²) in [5.74, 6) is 0.640. The van der Waals surface area contributed by atoms with Crippen molar-refractivity contribution in [3.63, 3.8) is 0 Å². The van der Waals surface area contributed by atoms with Crippen LogP contribution in [-0.2, 0) is 0 Å². The summed E-state index contributed by atoms with van der Waals surface area (Å²) in [6, 6.07) is 8.31. The molecule has 3 nitrogen and oxygen atoms in total. The first-order chi connectivity index (χ1) is 7.33. The molecule has 4 heteroatoms. The van der Waals surface area contributed by atoms with Gasteiger partial charge >= 0.3 is 0 Å². The lowest BCUT2D eigenvalue weighted by Crippen LogP contribution is -2.05. The molecule has 15 heavy (non-hydrogen) atoms. The summed E-state index contributed by atoms with van der Waals surface area (Å²) >= 11 is 6.07. The first-order valence-electron chi connectivity index (χ1n) is 5.02. The topological polar surface area (TPSA) is 37.8 Å². The minimum absolute atomic E-state index is 0.517.